The zero-order chi connectivity index (χ0) is 13.3. The lowest BCUT2D eigenvalue weighted by Crippen LogP contribution is -2.20. The van der Waals surface area contributed by atoms with E-state index >= 15 is 0 Å². The second kappa shape index (κ2) is 5.70. The van der Waals surface area contributed by atoms with Gasteiger partial charge in [-0.05, 0) is 55.5 Å². The topological polar surface area (TPSA) is 9.23 Å². The smallest absolute Gasteiger partial charge is 0.123 e. The average Bonchev–Trinajstić information content (AvgIpc) is 2.75. The molecular formula is C15H20BrFO. The molecule has 1 heterocycles. The third-order valence-corrected chi connectivity index (χ3v) is 5.01. The van der Waals surface area contributed by atoms with Crippen LogP contribution in [0, 0.1) is 25.6 Å². The second-order valence-electron chi connectivity index (χ2n) is 5.13. The van der Waals surface area contributed by atoms with Gasteiger partial charge in [-0.3, -0.25) is 0 Å². The van der Waals surface area contributed by atoms with E-state index in [0.29, 0.717) is 12.0 Å². The Bertz CT molecular complexity index is 409. The minimum Gasteiger partial charge on any atom is -0.378 e. The fourth-order valence-corrected chi connectivity index (χ4v) is 4.32. The monoisotopic (exact) mass is 314 g/mol. The summed E-state index contributed by atoms with van der Waals surface area (Å²) in [5, 5.41) is 0. The van der Waals surface area contributed by atoms with Gasteiger partial charge in [0.05, 0.1) is 6.10 Å². The van der Waals surface area contributed by atoms with Crippen molar-refractivity contribution < 1.29 is 9.13 Å². The van der Waals surface area contributed by atoms with Gasteiger partial charge in [-0.1, -0.05) is 22.9 Å². The first-order valence-corrected chi connectivity index (χ1v) is 7.48. The maximum absolute atomic E-state index is 13.4. The Labute approximate surface area is 117 Å². The van der Waals surface area contributed by atoms with Crippen LogP contribution in [-0.4, -0.2) is 12.7 Å². The number of ether oxygens (including phenoxy) is 1. The van der Waals surface area contributed by atoms with E-state index in [1.165, 1.54) is 5.56 Å². The lowest BCUT2D eigenvalue weighted by atomic mass is 9.88. The first kappa shape index (κ1) is 14.0. The molecular weight excluding hydrogens is 295 g/mol. The molecule has 3 atom stereocenters. The van der Waals surface area contributed by atoms with Crippen LogP contribution in [0.15, 0.2) is 12.1 Å². The summed E-state index contributed by atoms with van der Waals surface area (Å²) in [5.41, 5.74) is 3.28. The zero-order valence-corrected chi connectivity index (χ0v) is 12.8. The van der Waals surface area contributed by atoms with Crippen LogP contribution >= 0.6 is 15.9 Å². The van der Waals surface area contributed by atoms with Gasteiger partial charge in [-0.25, -0.2) is 4.39 Å². The predicted octanol–water partition coefficient (Wildman–Crippen LogP) is 4.69. The Morgan fingerprint density at radius 1 is 1.39 bits per heavy atom. The molecule has 1 aromatic carbocycles. The quantitative estimate of drug-likeness (QED) is 0.735. The van der Waals surface area contributed by atoms with Crippen molar-refractivity contribution in [2.75, 3.05) is 6.61 Å². The summed E-state index contributed by atoms with van der Waals surface area (Å²) in [4.78, 5) is 0.255. The highest BCUT2D eigenvalue weighted by molar-refractivity contribution is 9.09. The Kier molecular flexibility index (Phi) is 4.44. The van der Waals surface area contributed by atoms with Crippen molar-refractivity contribution in [3.05, 3.63) is 34.6 Å². The number of aryl methyl sites for hydroxylation is 2. The fraction of sp³-hybridized carbons (Fsp3) is 0.600. The van der Waals surface area contributed by atoms with Gasteiger partial charge in [0.2, 0.25) is 0 Å². The lowest BCUT2D eigenvalue weighted by Gasteiger charge is -2.25. The molecule has 1 aliphatic rings. The molecule has 100 valence electrons. The van der Waals surface area contributed by atoms with E-state index in [2.05, 4.69) is 22.9 Å². The Balaban J connectivity index is 2.31. The van der Waals surface area contributed by atoms with Crippen LogP contribution in [0.2, 0.25) is 0 Å². The van der Waals surface area contributed by atoms with Crippen LogP contribution in [0.4, 0.5) is 4.39 Å². The van der Waals surface area contributed by atoms with E-state index in [1.54, 1.807) is 12.1 Å². The molecule has 3 heteroatoms. The molecule has 1 aromatic rings. The van der Waals surface area contributed by atoms with Crippen LogP contribution in [0.3, 0.4) is 0 Å². The van der Waals surface area contributed by atoms with Gasteiger partial charge in [0.15, 0.2) is 0 Å². The lowest BCUT2D eigenvalue weighted by molar-refractivity contribution is 0.0872. The fourth-order valence-electron chi connectivity index (χ4n) is 2.99. The van der Waals surface area contributed by atoms with Crippen molar-refractivity contribution >= 4 is 15.9 Å². The highest BCUT2D eigenvalue weighted by Gasteiger charge is 2.34. The molecule has 1 fully saturated rings. The molecule has 0 spiro atoms. The summed E-state index contributed by atoms with van der Waals surface area (Å²) >= 11 is 3.82. The molecule has 1 aliphatic heterocycles. The van der Waals surface area contributed by atoms with Crippen molar-refractivity contribution in [3.8, 4) is 0 Å². The maximum atomic E-state index is 13.4. The highest BCUT2D eigenvalue weighted by atomic mass is 79.9. The van der Waals surface area contributed by atoms with Gasteiger partial charge in [-0.2, -0.15) is 0 Å². The molecule has 0 bridgehead atoms. The normalized spacial score (nSPS) is 25.4. The maximum Gasteiger partial charge on any atom is 0.123 e. The molecule has 0 N–H and O–H groups in total. The molecule has 0 saturated carbocycles. The molecule has 0 amide bonds. The van der Waals surface area contributed by atoms with Crippen molar-refractivity contribution in [3.63, 3.8) is 0 Å². The van der Waals surface area contributed by atoms with Gasteiger partial charge in [0.1, 0.15) is 5.82 Å². The first-order valence-electron chi connectivity index (χ1n) is 6.57. The minimum absolute atomic E-state index is 0.150. The van der Waals surface area contributed by atoms with Crippen molar-refractivity contribution in [1.82, 2.24) is 0 Å². The molecule has 0 aliphatic carbocycles. The summed E-state index contributed by atoms with van der Waals surface area (Å²) in [6, 6.07) is 3.24. The third kappa shape index (κ3) is 2.62. The number of benzene rings is 1. The largest absolute Gasteiger partial charge is 0.378 e. The van der Waals surface area contributed by atoms with E-state index in [9.17, 15) is 4.39 Å². The Morgan fingerprint density at radius 3 is 2.56 bits per heavy atom. The average molecular weight is 315 g/mol. The van der Waals surface area contributed by atoms with E-state index in [0.717, 1.165) is 30.6 Å². The SMILES string of the molecule is CCC1OCCC1C(Br)c1c(C)cc(F)cc1C. The molecule has 3 unspecified atom stereocenters. The summed E-state index contributed by atoms with van der Waals surface area (Å²) in [6.07, 6.45) is 2.43. The van der Waals surface area contributed by atoms with E-state index in [4.69, 9.17) is 4.74 Å². The van der Waals surface area contributed by atoms with Crippen LogP contribution in [0.25, 0.3) is 0 Å². The van der Waals surface area contributed by atoms with Gasteiger partial charge in [-0.15, -0.1) is 0 Å². The van der Waals surface area contributed by atoms with Gasteiger partial charge < -0.3 is 4.74 Å². The van der Waals surface area contributed by atoms with Crippen LogP contribution < -0.4 is 0 Å². The standard InChI is InChI=1S/C15H20BrFO/c1-4-13-12(5-6-18-13)15(16)14-9(2)7-11(17)8-10(14)3/h7-8,12-13,15H,4-6H2,1-3H3. The third-order valence-electron chi connectivity index (χ3n) is 3.87. The van der Waals surface area contributed by atoms with Gasteiger partial charge in [0.25, 0.3) is 0 Å². The summed E-state index contributed by atoms with van der Waals surface area (Å²) in [7, 11) is 0. The molecule has 2 rings (SSSR count). The number of alkyl halides is 1. The first-order chi connectivity index (χ1) is 8.54. The number of rotatable bonds is 3. The van der Waals surface area contributed by atoms with Crippen molar-refractivity contribution in [1.29, 1.82) is 0 Å². The van der Waals surface area contributed by atoms with Crippen molar-refractivity contribution in [2.45, 2.75) is 44.5 Å². The van der Waals surface area contributed by atoms with Crippen LogP contribution in [0.5, 0.6) is 0 Å². The molecule has 18 heavy (non-hydrogen) atoms. The van der Waals surface area contributed by atoms with Gasteiger partial charge in [0, 0.05) is 17.4 Å². The van der Waals surface area contributed by atoms with Crippen LogP contribution in [-0.2, 0) is 4.74 Å². The number of halogens is 2. The molecule has 0 aromatic heterocycles. The molecule has 0 radical (unpaired) electrons. The summed E-state index contributed by atoms with van der Waals surface area (Å²) < 4.78 is 19.1. The summed E-state index contributed by atoms with van der Waals surface area (Å²) in [5.74, 6) is 0.334. The highest BCUT2D eigenvalue weighted by Crippen LogP contribution is 2.42. The molecule has 1 nitrogen and oxygen atoms in total. The number of hydrogen-bond donors (Lipinski definition) is 0. The van der Waals surface area contributed by atoms with E-state index in [-0.39, 0.29) is 10.6 Å². The minimum atomic E-state index is -0.150. The molecule has 1 saturated heterocycles. The van der Waals surface area contributed by atoms with Crippen molar-refractivity contribution in [2.24, 2.45) is 5.92 Å². The van der Waals surface area contributed by atoms with E-state index < -0.39 is 0 Å². The zero-order valence-electron chi connectivity index (χ0n) is 11.2. The predicted molar refractivity (Wildman–Crippen MR) is 75.7 cm³/mol. The second-order valence-corrected chi connectivity index (χ2v) is 6.11. The van der Waals surface area contributed by atoms with Crippen LogP contribution in [0.1, 0.15) is 41.3 Å². The Morgan fingerprint density at radius 2 is 2.00 bits per heavy atom. The van der Waals surface area contributed by atoms with Gasteiger partial charge >= 0.3 is 0 Å². The van der Waals surface area contributed by atoms with E-state index in [1.807, 2.05) is 13.8 Å². The Hall–Kier alpha value is -0.410. The number of hydrogen-bond acceptors (Lipinski definition) is 1. The summed E-state index contributed by atoms with van der Waals surface area (Å²) in [6.45, 7) is 6.96.